The van der Waals surface area contributed by atoms with E-state index in [0.29, 0.717) is 18.4 Å². The highest BCUT2D eigenvalue weighted by Crippen LogP contribution is 2.18. The smallest absolute Gasteiger partial charge is 0.155 e. The number of likely N-dealkylation sites (tertiary alicyclic amines) is 1. The quantitative estimate of drug-likeness (QED) is 0.512. The Balaban J connectivity index is 2.14. The Kier molecular flexibility index (Phi) is 1.46. The fraction of sp³-hybridized carbons (Fsp3) is 0.625. The SMILES string of the molecule is CN1CC(=O)C2C=CNC2C1. The molecule has 2 rings (SSSR count). The van der Waals surface area contributed by atoms with E-state index in [1.165, 1.54) is 0 Å². The highest BCUT2D eigenvalue weighted by Gasteiger charge is 2.34. The summed E-state index contributed by atoms with van der Waals surface area (Å²) in [5.74, 6) is 0.483. The van der Waals surface area contributed by atoms with Gasteiger partial charge in [-0.15, -0.1) is 0 Å². The van der Waals surface area contributed by atoms with Crippen molar-refractivity contribution in [1.29, 1.82) is 0 Å². The van der Waals surface area contributed by atoms with Gasteiger partial charge in [-0.3, -0.25) is 9.69 Å². The molecule has 0 spiro atoms. The van der Waals surface area contributed by atoms with Gasteiger partial charge < -0.3 is 5.32 Å². The molecule has 3 nitrogen and oxygen atoms in total. The molecular formula is C8H12N2O. The average Bonchev–Trinajstić information content (AvgIpc) is 2.34. The number of Topliss-reactive ketones (excluding diaryl/α,β-unsaturated/α-hetero) is 1. The van der Waals surface area contributed by atoms with Crippen LogP contribution in [0.3, 0.4) is 0 Å². The highest BCUT2D eigenvalue weighted by molar-refractivity contribution is 5.86. The Morgan fingerprint density at radius 2 is 2.55 bits per heavy atom. The third kappa shape index (κ3) is 1.05. The molecule has 60 valence electrons. The van der Waals surface area contributed by atoms with Gasteiger partial charge in [-0.2, -0.15) is 0 Å². The zero-order valence-corrected chi connectivity index (χ0v) is 6.58. The van der Waals surface area contributed by atoms with Crippen molar-refractivity contribution in [3.8, 4) is 0 Å². The summed E-state index contributed by atoms with van der Waals surface area (Å²) in [4.78, 5) is 13.4. The van der Waals surface area contributed by atoms with Crippen molar-refractivity contribution in [3.63, 3.8) is 0 Å². The van der Waals surface area contributed by atoms with Crippen molar-refractivity contribution in [1.82, 2.24) is 10.2 Å². The van der Waals surface area contributed by atoms with E-state index >= 15 is 0 Å². The van der Waals surface area contributed by atoms with Gasteiger partial charge in [0.2, 0.25) is 0 Å². The van der Waals surface area contributed by atoms with E-state index in [0.717, 1.165) is 6.54 Å². The molecule has 0 aromatic heterocycles. The van der Waals surface area contributed by atoms with Crippen LogP contribution in [0.2, 0.25) is 0 Å². The Labute approximate surface area is 66.1 Å². The van der Waals surface area contributed by atoms with E-state index < -0.39 is 0 Å². The number of carbonyl (C=O) groups excluding carboxylic acids is 1. The summed E-state index contributed by atoms with van der Waals surface area (Å²) in [5, 5.41) is 3.18. The van der Waals surface area contributed by atoms with Crippen molar-refractivity contribution in [2.45, 2.75) is 6.04 Å². The number of piperidine rings is 1. The molecule has 1 saturated heterocycles. The minimum absolute atomic E-state index is 0.145. The van der Waals surface area contributed by atoms with Gasteiger partial charge in [-0.1, -0.05) is 6.08 Å². The number of nitrogens with zero attached hydrogens (tertiary/aromatic N) is 1. The molecule has 0 aliphatic carbocycles. The molecule has 2 aliphatic rings. The van der Waals surface area contributed by atoms with Crippen LogP contribution in [0.1, 0.15) is 0 Å². The molecule has 0 bridgehead atoms. The van der Waals surface area contributed by atoms with Crippen molar-refractivity contribution in [2.24, 2.45) is 5.92 Å². The number of rotatable bonds is 0. The van der Waals surface area contributed by atoms with Gasteiger partial charge in [0.1, 0.15) is 0 Å². The summed E-state index contributed by atoms with van der Waals surface area (Å²) in [5.41, 5.74) is 0. The van der Waals surface area contributed by atoms with E-state index in [-0.39, 0.29) is 5.92 Å². The first-order valence-corrected chi connectivity index (χ1v) is 3.91. The van der Waals surface area contributed by atoms with Gasteiger partial charge in [0.15, 0.2) is 5.78 Å². The minimum atomic E-state index is 0.145. The zero-order chi connectivity index (χ0) is 7.84. The summed E-state index contributed by atoms with van der Waals surface area (Å²) in [6.07, 6.45) is 3.87. The Bertz CT molecular complexity index is 212. The normalized spacial score (nSPS) is 37.0. The summed E-state index contributed by atoms with van der Waals surface area (Å²) >= 11 is 0. The Morgan fingerprint density at radius 1 is 1.73 bits per heavy atom. The number of ketones is 1. The molecule has 0 saturated carbocycles. The third-order valence-corrected chi connectivity index (χ3v) is 2.35. The number of fused-ring (bicyclic) bond motifs is 1. The minimum Gasteiger partial charge on any atom is -0.386 e. The maximum absolute atomic E-state index is 11.4. The van der Waals surface area contributed by atoms with Gasteiger partial charge in [0.05, 0.1) is 18.5 Å². The van der Waals surface area contributed by atoms with Crippen molar-refractivity contribution in [2.75, 3.05) is 20.1 Å². The van der Waals surface area contributed by atoms with Crippen LogP contribution >= 0.6 is 0 Å². The average molecular weight is 152 g/mol. The predicted molar refractivity (Wildman–Crippen MR) is 42.1 cm³/mol. The third-order valence-electron chi connectivity index (χ3n) is 2.35. The second-order valence-corrected chi connectivity index (χ2v) is 3.32. The molecular weight excluding hydrogens is 140 g/mol. The molecule has 2 heterocycles. The number of nitrogens with one attached hydrogen (secondary N) is 1. The molecule has 2 atom stereocenters. The van der Waals surface area contributed by atoms with E-state index in [2.05, 4.69) is 10.2 Å². The van der Waals surface area contributed by atoms with Crippen LogP contribution in [-0.2, 0) is 4.79 Å². The molecule has 3 heteroatoms. The van der Waals surface area contributed by atoms with E-state index in [4.69, 9.17) is 0 Å². The molecule has 0 aromatic rings. The van der Waals surface area contributed by atoms with Crippen LogP contribution in [-0.4, -0.2) is 36.9 Å². The van der Waals surface area contributed by atoms with Gasteiger partial charge >= 0.3 is 0 Å². The van der Waals surface area contributed by atoms with Crippen molar-refractivity contribution in [3.05, 3.63) is 12.3 Å². The number of hydrogen-bond acceptors (Lipinski definition) is 3. The van der Waals surface area contributed by atoms with E-state index in [9.17, 15) is 4.79 Å². The predicted octanol–water partition coefficient (Wildman–Crippen LogP) is -0.397. The van der Waals surface area contributed by atoms with Crippen LogP contribution < -0.4 is 5.32 Å². The molecule has 11 heavy (non-hydrogen) atoms. The van der Waals surface area contributed by atoms with Crippen LogP contribution in [0, 0.1) is 5.92 Å². The number of hydrogen-bond donors (Lipinski definition) is 1. The standard InChI is InChI=1S/C8H12N2O/c1-10-4-7-6(2-3-9-7)8(11)5-10/h2-3,6-7,9H,4-5H2,1H3. The molecule has 1 N–H and O–H groups in total. The van der Waals surface area contributed by atoms with E-state index in [1.54, 1.807) is 0 Å². The maximum Gasteiger partial charge on any atom is 0.155 e. The molecule has 1 fully saturated rings. The summed E-state index contributed by atoms with van der Waals surface area (Å²) in [6.45, 7) is 1.58. The van der Waals surface area contributed by atoms with Gasteiger partial charge in [0, 0.05) is 6.54 Å². The topological polar surface area (TPSA) is 32.3 Å². The van der Waals surface area contributed by atoms with Crippen LogP contribution in [0.25, 0.3) is 0 Å². The first-order valence-electron chi connectivity index (χ1n) is 3.91. The van der Waals surface area contributed by atoms with Gasteiger partial charge in [0.25, 0.3) is 0 Å². The Morgan fingerprint density at radius 3 is 3.36 bits per heavy atom. The lowest BCUT2D eigenvalue weighted by Gasteiger charge is -2.30. The maximum atomic E-state index is 11.4. The number of likely N-dealkylation sites (N-methyl/N-ethyl adjacent to an activating group) is 1. The summed E-state index contributed by atoms with van der Waals surface area (Å²) < 4.78 is 0. The second kappa shape index (κ2) is 2.34. The van der Waals surface area contributed by atoms with Gasteiger partial charge in [-0.25, -0.2) is 0 Å². The monoisotopic (exact) mass is 152 g/mol. The zero-order valence-electron chi connectivity index (χ0n) is 6.58. The van der Waals surface area contributed by atoms with Crippen LogP contribution in [0.5, 0.6) is 0 Å². The lowest BCUT2D eigenvalue weighted by atomic mass is 9.93. The molecule has 0 aromatic carbocycles. The van der Waals surface area contributed by atoms with Gasteiger partial charge in [-0.05, 0) is 13.2 Å². The second-order valence-electron chi connectivity index (χ2n) is 3.32. The van der Waals surface area contributed by atoms with Crippen molar-refractivity contribution < 1.29 is 4.79 Å². The fourth-order valence-corrected chi connectivity index (χ4v) is 1.79. The first kappa shape index (κ1) is 6.85. The molecule has 0 amide bonds. The first-order chi connectivity index (χ1) is 5.27. The lowest BCUT2D eigenvalue weighted by Crippen LogP contribution is -2.49. The lowest BCUT2D eigenvalue weighted by molar-refractivity contribution is -0.125. The summed E-state index contributed by atoms with van der Waals surface area (Å²) in [7, 11) is 1.98. The highest BCUT2D eigenvalue weighted by atomic mass is 16.1. The van der Waals surface area contributed by atoms with Crippen molar-refractivity contribution >= 4 is 5.78 Å². The fourth-order valence-electron chi connectivity index (χ4n) is 1.79. The van der Waals surface area contributed by atoms with E-state index in [1.807, 2.05) is 19.3 Å². The number of carbonyl (C=O) groups is 1. The molecule has 0 radical (unpaired) electrons. The summed E-state index contributed by atoms with van der Waals surface area (Å²) in [6, 6.07) is 0.334. The molecule has 2 unspecified atom stereocenters. The largest absolute Gasteiger partial charge is 0.386 e. The van der Waals surface area contributed by atoms with Crippen LogP contribution in [0.15, 0.2) is 12.3 Å². The molecule has 2 aliphatic heterocycles. The van der Waals surface area contributed by atoms with Crippen LogP contribution in [0.4, 0.5) is 0 Å². The Hall–Kier alpha value is -0.830.